The van der Waals surface area contributed by atoms with Gasteiger partial charge in [-0.3, -0.25) is 9.32 Å². The van der Waals surface area contributed by atoms with Crippen molar-refractivity contribution in [1.29, 1.82) is 0 Å². The Balaban J connectivity index is 4.38. The molecule has 0 amide bonds. The summed E-state index contributed by atoms with van der Waals surface area (Å²) in [7, 11) is -9.70. The lowest BCUT2D eigenvalue weighted by atomic mass is 10.3. The Labute approximate surface area is 83.3 Å². The van der Waals surface area contributed by atoms with E-state index in [1.165, 1.54) is 5.09 Å². The van der Waals surface area contributed by atoms with Crippen molar-refractivity contribution < 1.29 is 43.1 Å². The van der Waals surface area contributed by atoms with Crippen LogP contribution in [-0.2, 0) is 18.4 Å². The number of rotatable bonds is 6. The van der Waals surface area contributed by atoms with Crippen LogP contribution in [0.1, 0.15) is 0 Å². The van der Waals surface area contributed by atoms with Gasteiger partial charge in [0.1, 0.15) is 6.04 Å². The number of aliphatic carboxylic acids is 1. The summed E-state index contributed by atoms with van der Waals surface area (Å²) in [5.41, 5.74) is 0. The molecular formula is C3H9NO9P2. The molecule has 0 aromatic carbocycles. The van der Waals surface area contributed by atoms with Crippen molar-refractivity contribution in [2.24, 2.45) is 0 Å². The van der Waals surface area contributed by atoms with Crippen molar-refractivity contribution in [3.8, 4) is 0 Å². The van der Waals surface area contributed by atoms with Crippen molar-refractivity contribution in [1.82, 2.24) is 5.09 Å². The first-order chi connectivity index (χ1) is 6.51. The standard InChI is InChI=1S/C3H9NO9P2/c5-3(6)2(4-14(7,8)9)1-13-15(10,11)12/h2H,1H2,(H,5,6)(H2,10,11,12)(H3,4,7,8,9)/t2-/m0/s1. The number of phosphoric acid groups is 1. The topological polar surface area (TPSA) is 174 Å². The third-order valence-electron chi connectivity index (χ3n) is 1.03. The van der Waals surface area contributed by atoms with Crippen LogP contribution >= 0.6 is 15.6 Å². The van der Waals surface area contributed by atoms with Crippen LogP contribution in [0.2, 0.25) is 0 Å². The molecule has 0 spiro atoms. The summed E-state index contributed by atoms with van der Waals surface area (Å²) in [6.45, 7) is -1.08. The summed E-state index contributed by atoms with van der Waals surface area (Å²) in [5, 5.41) is 9.72. The lowest BCUT2D eigenvalue weighted by Gasteiger charge is -2.15. The van der Waals surface area contributed by atoms with Crippen molar-refractivity contribution in [2.45, 2.75) is 6.04 Å². The third-order valence-corrected chi connectivity index (χ3v) is 2.16. The van der Waals surface area contributed by atoms with Gasteiger partial charge in [0.25, 0.3) is 0 Å². The number of carboxylic acids is 1. The zero-order valence-corrected chi connectivity index (χ0v) is 8.84. The third kappa shape index (κ3) is 8.67. The van der Waals surface area contributed by atoms with Gasteiger partial charge in [-0.15, -0.1) is 0 Å². The van der Waals surface area contributed by atoms with E-state index in [1.807, 2.05) is 0 Å². The maximum Gasteiger partial charge on any atom is 0.469 e. The van der Waals surface area contributed by atoms with Gasteiger partial charge in [0.15, 0.2) is 0 Å². The first-order valence-electron chi connectivity index (χ1n) is 3.27. The smallest absolute Gasteiger partial charge is 0.469 e. The van der Waals surface area contributed by atoms with E-state index >= 15 is 0 Å². The van der Waals surface area contributed by atoms with Crippen molar-refractivity contribution in [3.63, 3.8) is 0 Å². The van der Waals surface area contributed by atoms with Crippen LogP contribution in [0.3, 0.4) is 0 Å². The molecule has 0 aliphatic heterocycles. The number of carboxylic acid groups (broad SMARTS) is 1. The van der Waals surface area contributed by atoms with Gasteiger partial charge < -0.3 is 24.7 Å². The van der Waals surface area contributed by atoms with E-state index in [0.717, 1.165) is 0 Å². The summed E-state index contributed by atoms with van der Waals surface area (Å²) in [6.07, 6.45) is 0. The molecule has 1 atom stereocenters. The molecule has 90 valence electrons. The van der Waals surface area contributed by atoms with Crippen molar-refractivity contribution in [3.05, 3.63) is 0 Å². The highest BCUT2D eigenvalue weighted by Crippen LogP contribution is 2.36. The molecule has 0 bridgehead atoms. The summed E-state index contributed by atoms with van der Waals surface area (Å²) >= 11 is 0. The minimum atomic E-state index is -4.88. The molecule has 10 nitrogen and oxygen atoms in total. The molecule has 0 heterocycles. The molecule has 15 heavy (non-hydrogen) atoms. The molecule has 0 rings (SSSR count). The molecular weight excluding hydrogens is 256 g/mol. The van der Waals surface area contributed by atoms with E-state index in [2.05, 4.69) is 4.52 Å². The predicted octanol–water partition coefficient (Wildman–Crippen LogP) is -1.77. The van der Waals surface area contributed by atoms with Gasteiger partial charge in [-0.05, 0) is 0 Å². The second-order valence-electron chi connectivity index (χ2n) is 2.35. The van der Waals surface area contributed by atoms with E-state index < -0.39 is 34.2 Å². The minimum Gasteiger partial charge on any atom is -0.480 e. The average molecular weight is 265 g/mol. The van der Waals surface area contributed by atoms with E-state index in [0.29, 0.717) is 0 Å². The molecule has 0 aromatic heterocycles. The molecule has 0 aromatic rings. The van der Waals surface area contributed by atoms with Gasteiger partial charge in [0.2, 0.25) is 0 Å². The predicted molar refractivity (Wildman–Crippen MR) is 44.6 cm³/mol. The van der Waals surface area contributed by atoms with Crippen LogP contribution in [0.15, 0.2) is 0 Å². The maximum absolute atomic E-state index is 10.4. The lowest BCUT2D eigenvalue weighted by molar-refractivity contribution is -0.139. The van der Waals surface area contributed by atoms with E-state index in [9.17, 15) is 13.9 Å². The van der Waals surface area contributed by atoms with Crippen LogP contribution in [0.4, 0.5) is 0 Å². The molecule has 0 saturated carbocycles. The summed E-state index contributed by atoms with van der Waals surface area (Å²) in [4.78, 5) is 43.5. The molecule has 0 fully saturated rings. The molecule has 6 N–H and O–H groups in total. The van der Waals surface area contributed by atoms with Crippen LogP contribution in [-0.4, -0.2) is 43.3 Å². The number of phosphoric ester groups is 1. The van der Waals surface area contributed by atoms with Gasteiger partial charge >= 0.3 is 21.5 Å². The van der Waals surface area contributed by atoms with Crippen molar-refractivity contribution >= 4 is 21.5 Å². The fourth-order valence-corrected chi connectivity index (χ4v) is 1.47. The average Bonchev–Trinajstić information content (AvgIpc) is 1.93. The van der Waals surface area contributed by atoms with Gasteiger partial charge in [-0.1, -0.05) is 0 Å². The minimum absolute atomic E-state index is 1.08. The second kappa shape index (κ2) is 5.15. The fourth-order valence-electron chi connectivity index (χ4n) is 0.538. The van der Waals surface area contributed by atoms with E-state index in [1.54, 1.807) is 0 Å². The highest BCUT2D eigenvalue weighted by molar-refractivity contribution is 7.49. The zero-order valence-electron chi connectivity index (χ0n) is 7.05. The highest BCUT2D eigenvalue weighted by atomic mass is 31.2. The molecule has 0 aliphatic carbocycles. The molecule has 0 aliphatic rings. The quantitative estimate of drug-likeness (QED) is 0.301. The van der Waals surface area contributed by atoms with E-state index in [-0.39, 0.29) is 0 Å². The molecule has 12 heteroatoms. The number of nitrogens with one attached hydrogen (secondary N) is 1. The highest BCUT2D eigenvalue weighted by Gasteiger charge is 2.28. The Morgan fingerprint density at radius 2 is 1.73 bits per heavy atom. The number of hydrogen-bond donors (Lipinski definition) is 6. The lowest BCUT2D eigenvalue weighted by Crippen LogP contribution is -2.38. The van der Waals surface area contributed by atoms with Crippen molar-refractivity contribution in [2.75, 3.05) is 6.61 Å². The zero-order chi connectivity index (χ0) is 12.3. The monoisotopic (exact) mass is 265 g/mol. The van der Waals surface area contributed by atoms with Gasteiger partial charge in [-0.25, -0.2) is 14.2 Å². The first kappa shape index (κ1) is 14.7. The Hall–Kier alpha value is -0.310. The summed E-state index contributed by atoms with van der Waals surface area (Å²) in [5.74, 6) is -1.72. The van der Waals surface area contributed by atoms with Crippen LogP contribution in [0, 0.1) is 0 Å². The first-order valence-corrected chi connectivity index (χ1v) is 6.42. The van der Waals surface area contributed by atoms with Crippen LogP contribution < -0.4 is 5.09 Å². The molecule has 0 radical (unpaired) electrons. The maximum atomic E-state index is 10.4. The molecule has 0 unspecified atom stereocenters. The van der Waals surface area contributed by atoms with E-state index in [4.69, 9.17) is 24.7 Å². The Bertz CT molecular complexity index is 315. The van der Waals surface area contributed by atoms with Crippen LogP contribution in [0.25, 0.3) is 0 Å². The Morgan fingerprint density at radius 1 is 1.27 bits per heavy atom. The number of carbonyl (C=O) groups is 1. The van der Waals surface area contributed by atoms with Gasteiger partial charge in [0.05, 0.1) is 6.61 Å². The fraction of sp³-hybridized carbons (Fsp3) is 0.667. The normalized spacial score (nSPS) is 14.9. The summed E-state index contributed by atoms with van der Waals surface area (Å²) < 4.78 is 24.3. The Morgan fingerprint density at radius 3 is 2.00 bits per heavy atom. The molecule has 0 saturated heterocycles. The largest absolute Gasteiger partial charge is 0.480 e. The number of hydrogen-bond acceptors (Lipinski definition) is 4. The second-order valence-corrected chi connectivity index (χ2v) is 4.94. The Kier molecular flexibility index (Phi) is 5.04. The summed E-state index contributed by atoms with van der Waals surface area (Å²) in [6, 6.07) is -1.92. The van der Waals surface area contributed by atoms with Gasteiger partial charge in [0, 0.05) is 0 Å². The van der Waals surface area contributed by atoms with Crippen LogP contribution in [0.5, 0.6) is 0 Å². The SMILES string of the molecule is O=C(O)[C@H](COP(=O)(O)O)NP(=O)(O)O. The van der Waals surface area contributed by atoms with Gasteiger partial charge in [-0.2, -0.15) is 0 Å².